The number of fused-ring (bicyclic) bond motifs is 1. The number of nitrogens with two attached hydrogens (primary N) is 1. The second-order valence-corrected chi connectivity index (χ2v) is 7.37. The van der Waals surface area contributed by atoms with Gasteiger partial charge in [0.2, 0.25) is 5.95 Å². The molecule has 10 heteroatoms. The fourth-order valence-electron chi connectivity index (χ4n) is 3.67. The summed E-state index contributed by atoms with van der Waals surface area (Å²) < 4.78 is 82.2. The van der Waals surface area contributed by atoms with E-state index in [4.69, 9.17) is 5.73 Å². The van der Waals surface area contributed by atoms with Crippen LogP contribution in [0.25, 0.3) is 11.0 Å². The van der Waals surface area contributed by atoms with Crippen LogP contribution in [0.5, 0.6) is 0 Å². The van der Waals surface area contributed by atoms with E-state index in [0.29, 0.717) is 5.56 Å². The Hall–Kier alpha value is -2.75. The monoisotopic (exact) mass is 428 g/mol. The van der Waals surface area contributed by atoms with Crippen molar-refractivity contribution >= 4 is 17.0 Å². The van der Waals surface area contributed by atoms with E-state index >= 15 is 0 Å². The van der Waals surface area contributed by atoms with Crippen LogP contribution >= 0.6 is 0 Å². The number of hydrogen-bond donors (Lipinski definition) is 1. The van der Waals surface area contributed by atoms with Crippen LogP contribution in [0.4, 0.5) is 32.3 Å². The number of hydrogen-bond acceptors (Lipinski definition) is 3. The van der Waals surface area contributed by atoms with Crippen molar-refractivity contribution in [2.24, 2.45) is 5.73 Å². The molecule has 1 aromatic heterocycles. The van der Waals surface area contributed by atoms with Crippen molar-refractivity contribution in [3.05, 3.63) is 59.2 Å². The van der Waals surface area contributed by atoms with Gasteiger partial charge in [-0.15, -0.1) is 0 Å². The molecule has 1 unspecified atom stereocenters. The summed E-state index contributed by atoms with van der Waals surface area (Å²) in [4.78, 5) is 6.03. The average Bonchev–Trinajstić information content (AvgIpc) is 3.01. The van der Waals surface area contributed by atoms with Crippen molar-refractivity contribution in [2.45, 2.75) is 31.4 Å². The van der Waals surface area contributed by atoms with Crippen LogP contribution in [0.1, 0.15) is 17.5 Å². The summed E-state index contributed by atoms with van der Waals surface area (Å²) in [6, 6.07) is 5.85. The molecular weight excluding hydrogens is 410 g/mol. The number of halogens is 6. The maximum absolute atomic E-state index is 13.9. The molecule has 3 aromatic rings. The molecule has 4 rings (SSSR count). The number of nitrogens with zero attached hydrogens (tertiary/aromatic N) is 3. The molecular formula is C20H18F6N4. The topological polar surface area (TPSA) is 47.1 Å². The molecule has 0 spiro atoms. The Balaban J connectivity index is 1.80. The van der Waals surface area contributed by atoms with E-state index in [1.165, 1.54) is 16.7 Å². The fourth-order valence-corrected chi connectivity index (χ4v) is 3.67. The van der Waals surface area contributed by atoms with E-state index in [9.17, 15) is 26.3 Å². The summed E-state index contributed by atoms with van der Waals surface area (Å²) >= 11 is 0. The largest absolute Gasteiger partial charge is 0.416 e. The third kappa shape index (κ3) is 3.83. The highest BCUT2D eigenvalue weighted by molar-refractivity contribution is 5.79. The van der Waals surface area contributed by atoms with Gasteiger partial charge >= 0.3 is 6.18 Å². The number of rotatable bonds is 3. The number of aromatic nitrogens is 2. The highest BCUT2D eigenvalue weighted by Gasteiger charge is 2.31. The summed E-state index contributed by atoms with van der Waals surface area (Å²) in [5.74, 6) is -1.91. The highest BCUT2D eigenvalue weighted by atomic mass is 19.4. The van der Waals surface area contributed by atoms with Crippen LogP contribution in [-0.2, 0) is 12.7 Å². The number of alkyl halides is 4. The zero-order valence-corrected chi connectivity index (χ0v) is 15.6. The molecule has 1 saturated heterocycles. The van der Waals surface area contributed by atoms with Gasteiger partial charge in [-0.3, -0.25) is 0 Å². The standard InChI is InChI=1S/C20H18F6N4/c21-13-4-5-29(10-16(13)27)19-28-17-7-14(22)15(23)8-18(17)30(19)9-11-2-1-3-12(6-11)20(24,25)26/h1-3,6-8,13,16H,4-5,9-10,27H2/t13?,16-/m1/s1. The lowest BCUT2D eigenvalue weighted by atomic mass is 10.1. The van der Waals surface area contributed by atoms with Crippen LogP contribution < -0.4 is 10.6 Å². The highest BCUT2D eigenvalue weighted by Crippen LogP contribution is 2.32. The third-order valence-electron chi connectivity index (χ3n) is 5.22. The van der Waals surface area contributed by atoms with Crippen LogP contribution in [0.3, 0.4) is 0 Å². The lowest BCUT2D eigenvalue weighted by Crippen LogP contribution is -2.50. The van der Waals surface area contributed by atoms with Gasteiger partial charge in [-0.2, -0.15) is 13.2 Å². The third-order valence-corrected chi connectivity index (χ3v) is 5.22. The van der Waals surface area contributed by atoms with E-state index < -0.39 is 35.6 Å². The van der Waals surface area contributed by atoms with Crippen LogP contribution in [0.2, 0.25) is 0 Å². The van der Waals surface area contributed by atoms with Crippen molar-refractivity contribution in [3.63, 3.8) is 0 Å². The van der Waals surface area contributed by atoms with Crippen molar-refractivity contribution in [1.29, 1.82) is 0 Å². The van der Waals surface area contributed by atoms with Crippen molar-refractivity contribution in [1.82, 2.24) is 9.55 Å². The molecule has 0 amide bonds. The smallest absolute Gasteiger partial charge is 0.340 e. The minimum Gasteiger partial charge on any atom is -0.340 e. The predicted octanol–water partition coefficient (Wildman–Crippen LogP) is 4.26. The average molecular weight is 428 g/mol. The zero-order chi connectivity index (χ0) is 21.6. The molecule has 0 bridgehead atoms. The van der Waals surface area contributed by atoms with E-state index in [2.05, 4.69) is 4.98 Å². The Kier molecular flexibility index (Phi) is 5.13. The minimum atomic E-state index is -4.51. The van der Waals surface area contributed by atoms with Gasteiger partial charge < -0.3 is 15.2 Å². The molecule has 1 aliphatic rings. The lowest BCUT2D eigenvalue weighted by molar-refractivity contribution is -0.137. The predicted molar refractivity (Wildman–Crippen MR) is 99.9 cm³/mol. The Morgan fingerprint density at radius 1 is 1.10 bits per heavy atom. The number of piperidine rings is 1. The van der Waals surface area contributed by atoms with Gasteiger partial charge in [0.25, 0.3) is 0 Å². The molecule has 2 atom stereocenters. The first-order valence-electron chi connectivity index (χ1n) is 9.29. The summed E-state index contributed by atoms with van der Waals surface area (Å²) in [6.07, 6.45) is -5.55. The fraction of sp³-hybridized carbons (Fsp3) is 0.350. The first-order chi connectivity index (χ1) is 14.1. The van der Waals surface area contributed by atoms with Crippen molar-refractivity contribution in [3.8, 4) is 0 Å². The van der Waals surface area contributed by atoms with Crippen LogP contribution in [0, 0.1) is 11.6 Å². The zero-order valence-electron chi connectivity index (χ0n) is 15.6. The molecule has 2 heterocycles. The molecule has 1 fully saturated rings. The summed E-state index contributed by atoms with van der Waals surface area (Å²) in [7, 11) is 0. The number of anilines is 1. The summed E-state index contributed by atoms with van der Waals surface area (Å²) in [6.45, 7) is 0.329. The summed E-state index contributed by atoms with van der Waals surface area (Å²) in [5, 5.41) is 0. The molecule has 1 aliphatic heterocycles. The molecule has 0 radical (unpaired) electrons. The molecule has 160 valence electrons. The molecule has 2 aromatic carbocycles. The van der Waals surface area contributed by atoms with Gasteiger partial charge in [-0.1, -0.05) is 12.1 Å². The minimum absolute atomic E-state index is 0.0639. The Morgan fingerprint density at radius 2 is 1.83 bits per heavy atom. The van der Waals surface area contributed by atoms with Gasteiger partial charge in [-0.25, -0.2) is 18.2 Å². The SMILES string of the molecule is N[C@@H]1CN(c2nc3cc(F)c(F)cc3n2Cc2cccc(C(F)(F)F)c2)CCC1F. The number of imidazole rings is 1. The second-order valence-electron chi connectivity index (χ2n) is 7.37. The van der Waals surface area contributed by atoms with Gasteiger partial charge in [0.15, 0.2) is 11.6 Å². The van der Waals surface area contributed by atoms with E-state index in [-0.39, 0.29) is 43.0 Å². The van der Waals surface area contributed by atoms with Gasteiger partial charge in [0.05, 0.1) is 29.2 Å². The van der Waals surface area contributed by atoms with Crippen molar-refractivity contribution in [2.75, 3.05) is 18.0 Å². The first-order valence-corrected chi connectivity index (χ1v) is 9.29. The maximum Gasteiger partial charge on any atom is 0.416 e. The molecule has 0 saturated carbocycles. The Labute approximate surface area is 167 Å². The van der Waals surface area contributed by atoms with Gasteiger partial charge in [-0.05, 0) is 24.1 Å². The van der Waals surface area contributed by atoms with Gasteiger partial charge in [0.1, 0.15) is 6.17 Å². The molecule has 2 N–H and O–H groups in total. The van der Waals surface area contributed by atoms with E-state index in [1.54, 1.807) is 4.90 Å². The van der Waals surface area contributed by atoms with Crippen molar-refractivity contribution < 1.29 is 26.3 Å². The first kappa shape index (κ1) is 20.5. The van der Waals surface area contributed by atoms with Gasteiger partial charge in [0, 0.05) is 25.2 Å². The Bertz CT molecular complexity index is 1080. The van der Waals surface area contributed by atoms with E-state index in [0.717, 1.165) is 24.3 Å². The maximum atomic E-state index is 13.9. The second kappa shape index (κ2) is 7.50. The quantitative estimate of drug-likeness (QED) is 0.635. The number of benzene rings is 2. The molecule has 30 heavy (non-hydrogen) atoms. The lowest BCUT2D eigenvalue weighted by Gasteiger charge is -2.34. The van der Waals surface area contributed by atoms with E-state index in [1.807, 2.05) is 0 Å². The Morgan fingerprint density at radius 3 is 2.53 bits per heavy atom. The summed E-state index contributed by atoms with van der Waals surface area (Å²) in [5.41, 5.74) is 5.67. The molecule has 0 aliphatic carbocycles. The van der Waals surface area contributed by atoms with Crippen LogP contribution in [-0.4, -0.2) is 34.9 Å². The molecule has 4 nitrogen and oxygen atoms in total. The normalized spacial score (nSPS) is 20.2. The van der Waals surface area contributed by atoms with Crippen LogP contribution in [0.15, 0.2) is 36.4 Å².